The Kier molecular flexibility index (Phi) is 3.03. The number of rotatable bonds is 4. The lowest BCUT2D eigenvalue weighted by Crippen LogP contribution is -2.33. The summed E-state index contributed by atoms with van der Waals surface area (Å²) < 4.78 is 0. The highest BCUT2D eigenvalue weighted by atomic mass is 16.2. The molecular formula is C13H23NO. The molecule has 2 rings (SSSR count). The maximum absolute atomic E-state index is 12.0. The number of hydrogen-bond donors (Lipinski definition) is 0. The summed E-state index contributed by atoms with van der Waals surface area (Å²) in [5, 5.41) is 0. The zero-order valence-electron chi connectivity index (χ0n) is 10.2. The Morgan fingerprint density at radius 1 is 1.27 bits per heavy atom. The number of carbonyl (C=O) groups excluding carboxylic acids is 1. The number of fused-ring (bicyclic) bond motifs is 1. The number of nitrogens with zero attached hydrogens (tertiary/aromatic N) is 1. The van der Waals surface area contributed by atoms with Crippen LogP contribution in [-0.2, 0) is 4.79 Å². The fraction of sp³-hybridized carbons (Fsp3) is 0.923. The molecule has 0 aromatic rings. The molecule has 2 fully saturated rings. The van der Waals surface area contributed by atoms with Crippen molar-refractivity contribution in [3.63, 3.8) is 0 Å². The van der Waals surface area contributed by atoms with E-state index in [0.717, 1.165) is 24.8 Å². The molecule has 0 N–H and O–H groups in total. The second-order valence-corrected chi connectivity index (χ2v) is 5.87. The molecule has 2 unspecified atom stereocenters. The number of hydrogen-bond acceptors (Lipinski definition) is 1. The Bertz CT molecular complexity index is 239. The fourth-order valence-electron chi connectivity index (χ4n) is 2.79. The highest BCUT2D eigenvalue weighted by Crippen LogP contribution is 2.54. The van der Waals surface area contributed by atoms with Gasteiger partial charge in [0.15, 0.2) is 0 Å². The Morgan fingerprint density at radius 2 is 1.87 bits per heavy atom. The molecule has 0 aromatic heterocycles. The summed E-state index contributed by atoms with van der Waals surface area (Å²) in [5.41, 5.74) is 0. The summed E-state index contributed by atoms with van der Waals surface area (Å²) >= 11 is 0. The molecule has 2 heteroatoms. The van der Waals surface area contributed by atoms with Crippen LogP contribution in [0.3, 0.4) is 0 Å². The minimum atomic E-state index is 0.367. The number of carbonyl (C=O) groups is 1. The number of amides is 1. The van der Waals surface area contributed by atoms with Gasteiger partial charge in [-0.25, -0.2) is 0 Å². The zero-order chi connectivity index (χ0) is 11.0. The van der Waals surface area contributed by atoms with Gasteiger partial charge in [0.05, 0.1) is 0 Å². The van der Waals surface area contributed by atoms with Gasteiger partial charge in [0.1, 0.15) is 0 Å². The Morgan fingerprint density at radius 3 is 2.40 bits per heavy atom. The van der Waals surface area contributed by atoms with Crippen molar-refractivity contribution in [3.05, 3.63) is 0 Å². The summed E-state index contributed by atoms with van der Waals surface area (Å²) in [6, 6.07) is 0. The minimum absolute atomic E-state index is 0.367. The maximum Gasteiger partial charge on any atom is 0.225 e. The molecule has 2 saturated carbocycles. The summed E-state index contributed by atoms with van der Waals surface area (Å²) in [6.45, 7) is 5.36. The van der Waals surface area contributed by atoms with Crippen LogP contribution in [0.5, 0.6) is 0 Å². The van der Waals surface area contributed by atoms with Crippen molar-refractivity contribution in [2.24, 2.45) is 23.7 Å². The van der Waals surface area contributed by atoms with Crippen LogP contribution in [-0.4, -0.2) is 24.4 Å². The summed E-state index contributed by atoms with van der Waals surface area (Å²) in [7, 11) is 1.97. The predicted octanol–water partition coefficient (Wildman–Crippen LogP) is 2.54. The van der Waals surface area contributed by atoms with Gasteiger partial charge >= 0.3 is 0 Å². The van der Waals surface area contributed by atoms with E-state index in [2.05, 4.69) is 13.8 Å². The Balaban J connectivity index is 1.74. The second-order valence-electron chi connectivity index (χ2n) is 5.87. The van der Waals surface area contributed by atoms with E-state index in [1.165, 1.54) is 19.3 Å². The van der Waals surface area contributed by atoms with Gasteiger partial charge in [-0.3, -0.25) is 4.79 Å². The average Bonchev–Trinajstić information content (AvgIpc) is 2.81. The minimum Gasteiger partial charge on any atom is -0.346 e. The molecule has 0 bridgehead atoms. The first kappa shape index (κ1) is 11.0. The molecule has 2 atom stereocenters. The van der Waals surface area contributed by atoms with Gasteiger partial charge in [-0.15, -0.1) is 0 Å². The molecule has 15 heavy (non-hydrogen) atoms. The second kappa shape index (κ2) is 4.15. The average molecular weight is 209 g/mol. The van der Waals surface area contributed by atoms with Gasteiger partial charge in [-0.05, 0) is 43.4 Å². The maximum atomic E-state index is 12.0. The van der Waals surface area contributed by atoms with Crippen LogP contribution in [0.4, 0.5) is 0 Å². The van der Waals surface area contributed by atoms with E-state index < -0.39 is 0 Å². The molecule has 0 heterocycles. The lowest BCUT2D eigenvalue weighted by Gasteiger charge is -2.22. The largest absolute Gasteiger partial charge is 0.346 e. The van der Waals surface area contributed by atoms with Crippen LogP contribution in [0.25, 0.3) is 0 Å². The van der Waals surface area contributed by atoms with Gasteiger partial charge in [0, 0.05) is 19.5 Å². The van der Waals surface area contributed by atoms with Gasteiger partial charge < -0.3 is 4.90 Å². The highest BCUT2D eigenvalue weighted by molar-refractivity contribution is 5.79. The van der Waals surface area contributed by atoms with E-state index in [9.17, 15) is 4.79 Å². The molecule has 2 nitrogen and oxygen atoms in total. The van der Waals surface area contributed by atoms with Crippen molar-refractivity contribution in [2.45, 2.75) is 39.5 Å². The molecule has 0 radical (unpaired) electrons. The first-order valence-corrected chi connectivity index (χ1v) is 6.33. The predicted molar refractivity (Wildman–Crippen MR) is 61.4 cm³/mol. The van der Waals surface area contributed by atoms with Crippen LogP contribution < -0.4 is 0 Å². The van der Waals surface area contributed by atoms with Crippen LogP contribution in [0.15, 0.2) is 0 Å². The van der Waals surface area contributed by atoms with Crippen molar-refractivity contribution in [1.29, 1.82) is 0 Å². The molecule has 86 valence electrons. The SMILES string of the molecule is CC(C)CCN(C)C(=O)C1CC2CC2C1. The third-order valence-corrected chi connectivity index (χ3v) is 4.01. The van der Waals surface area contributed by atoms with E-state index in [4.69, 9.17) is 0 Å². The first-order valence-electron chi connectivity index (χ1n) is 6.33. The van der Waals surface area contributed by atoms with E-state index in [1.807, 2.05) is 11.9 Å². The van der Waals surface area contributed by atoms with Crippen molar-refractivity contribution in [3.8, 4) is 0 Å². The molecule has 0 spiro atoms. The normalized spacial score (nSPS) is 32.9. The quantitative estimate of drug-likeness (QED) is 0.696. The highest BCUT2D eigenvalue weighted by Gasteiger charge is 2.48. The van der Waals surface area contributed by atoms with Gasteiger partial charge in [-0.1, -0.05) is 13.8 Å². The molecule has 1 amide bonds. The first-order chi connectivity index (χ1) is 7.08. The van der Waals surface area contributed by atoms with Crippen LogP contribution in [0.2, 0.25) is 0 Å². The molecule has 0 saturated heterocycles. The standard InChI is InChI=1S/C13H23NO/c1-9(2)4-5-14(3)13(15)12-7-10-6-11(10)8-12/h9-12H,4-8H2,1-3H3. The van der Waals surface area contributed by atoms with Crippen LogP contribution in [0.1, 0.15) is 39.5 Å². The lowest BCUT2D eigenvalue weighted by atomic mass is 10.0. The third-order valence-electron chi connectivity index (χ3n) is 4.01. The molecule has 0 aromatic carbocycles. The van der Waals surface area contributed by atoms with Crippen molar-refractivity contribution >= 4 is 5.91 Å². The zero-order valence-corrected chi connectivity index (χ0v) is 10.2. The lowest BCUT2D eigenvalue weighted by molar-refractivity contribution is -0.134. The van der Waals surface area contributed by atoms with Crippen LogP contribution >= 0.6 is 0 Å². The summed E-state index contributed by atoms with van der Waals surface area (Å²) in [4.78, 5) is 14.0. The molecule has 0 aliphatic heterocycles. The van der Waals surface area contributed by atoms with Crippen molar-refractivity contribution in [1.82, 2.24) is 4.90 Å². The van der Waals surface area contributed by atoms with Gasteiger partial charge in [0.25, 0.3) is 0 Å². The van der Waals surface area contributed by atoms with E-state index in [0.29, 0.717) is 17.7 Å². The van der Waals surface area contributed by atoms with Gasteiger partial charge in [-0.2, -0.15) is 0 Å². The topological polar surface area (TPSA) is 20.3 Å². The Labute approximate surface area is 93.0 Å². The van der Waals surface area contributed by atoms with Crippen molar-refractivity contribution in [2.75, 3.05) is 13.6 Å². The molecule has 2 aliphatic rings. The smallest absolute Gasteiger partial charge is 0.225 e. The summed E-state index contributed by atoms with van der Waals surface area (Å²) in [5.74, 6) is 3.29. The monoisotopic (exact) mass is 209 g/mol. The fourth-order valence-corrected chi connectivity index (χ4v) is 2.79. The third kappa shape index (κ3) is 2.53. The van der Waals surface area contributed by atoms with Gasteiger partial charge in [0.2, 0.25) is 5.91 Å². The van der Waals surface area contributed by atoms with E-state index >= 15 is 0 Å². The summed E-state index contributed by atoms with van der Waals surface area (Å²) in [6.07, 6.45) is 4.88. The van der Waals surface area contributed by atoms with Crippen LogP contribution in [0, 0.1) is 23.7 Å². The Hall–Kier alpha value is -0.530. The molecule has 2 aliphatic carbocycles. The van der Waals surface area contributed by atoms with Crippen molar-refractivity contribution < 1.29 is 4.79 Å². The van der Waals surface area contributed by atoms with E-state index in [-0.39, 0.29) is 0 Å². The molecular weight excluding hydrogens is 186 g/mol. The van der Waals surface area contributed by atoms with E-state index in [1.54, 1.807) is 0 Å².